The Labute approximate surface area is 195 Å². The van der Waals surface area contributed by atoms with Gasteiger partial charge < -0.3 is 18.7 Å². The van der Waals surface area contributed by atoms with Crippen LogP contribution in [0.4, 0.5) is 0 Å². The van der Waals surface area contributed by atoms with Crippen LogP contribution in [-0.2, 0) is 6.42 Å². The van der Waals surface area contributed by atoms with E-state index in [0.29, 0.717) is 22.8 Å². The minimum atomic E-state index is -1.03. The third-order valence-electron chi connectivity index (χ3n) is 7.45. The lowest BCUT2D eigenvalue weighted by molar-refractivity contribution is 0.0845. The fourth-order valence-electron chi connectivity index (χ4n) is 5.37. The van der Waals surface area contributed by atoms with E-state index in [1.165, 1.54) is 45.2 Å². The van der Waals surface area contributed by atoms with E-state index in [0.717, 1.165) is 23.7 Å². The van der Waals surface area contributed by atoms with Crippen LogP contribution in [0.15, 0.2) is 36.8 Å². The number of nitrogens with one attached hydrogen (secondary N) is 1. The first-order valence-electron chi connectivity index (χ1n) is 12.3. The number of benzene rings is 1. The van der Waals surface area contributed by atoms with Crippen LogP contribution in [0.1, 0.15) is 57.7 Å². The molecule has 9 heteroatoms. The van der Waals surface area contributed by atoms with Crippen molar-refractivity contribution in [3.63, 3.8) is 0 Å². The maximum absolute atomic E-state index is 12.0. The second-order valence-electron chi connectivity index (χ2n) is 9.98. The van der Waals surface area contributed by atoms with Crippen LogP contribution in [0.3, 0.4) is 0 Å². The number of hydrogen-bond donors (Lipinski definition) is 1. The molecule has 0 radical (unpaired) electrons. The number of rotatable bonds is 5. The Balaban J connectivity index is 1.33. The molecule has 4 heterocycles. The number of aromatic nitrogens is 4. The van der Waals surface area contributed by atoms with Crippen molar-refractivity contribution in [1.82, 2.24) is 24.6 Å². The summed E-state index contributed by atoms with van der Waals surface area (Å²) in [6.07, 6.45) is 9.38. The highest BCUT2D eigenvalue weighted by molar-refractivity contribution is 6.07. The van der Waals surface area contributed by atoms with E-state index in [1.807, 2.05) is 30.8 Å². The Hall–Kier alpha value is -3.20. The number of H-pyrrole nitrogens is 1. The fourth-order valence-corrected chi connectivity index (χ4v) is 5.37. The third kappa shape index (κ3) is 3.58. The number of likely N-dealkylation sites (tertiary alicyclic amines) is 1. The molecule has 3 aromatic heterocycles. The van der Waals surface area contributed by atoms with Gasteiger partial charge in [0.15, 0.2) is 17.0 Å². The summed E-state index contributed by atoms with van der Waals surface area (Å²) in [4.78, 5) is 34.4. The Bertz CT molecular complexity index is 1460. The summed E-state index contributed by atoms with van der Waals surface area (Å²) in [6.45, 7) is 6.45. The zero-order valence-corrected chi connectivity index (χ0v) is 19.5. The minimum absolute atomic E-state index is 0.0754. The average Bonchev–Trinajstić information content (AvgIpc) is 3.39. The minimum Gasteiger partial charge on any atom is -0.414 e. The maximum atomic E-state index is 12.0. The standard InChI is InChI=1S/C25H29N5O4/c1-14(2)30-18-6-7-19-22(34-25(32)24(31)33-19)20(18)21(28-30)23-26-13-16(27-23)12-15-8-10-29(11-9-15)17-4-3-5-17/h6-7,13-15,17H,3-5,8-12H2,1-2H3,(H,26,27). The van der Waals surface area contributed by atoms with Gasteiger partial charge in [-0.15, -0.1) is 0 Å². The molecule has 1 aliphatic heterocycles. The van der Waals surface area contributed by atoms with E-state index in [-0.39, 0.29) is 17.2 Å². The molecule has 0 bridgehead atoms. The lowest BCUT2D eigenvalue weighted by Crippen LogP contribution is -2.45. The number of imidazole rings is 1. The summed E-state index contributed by atoms with van der Waals surface area (Å²) in [5, 5.41) is 5.41. The van der Waals surface area contributed by atoms with Crippen molar-refractivity contribution < 1.29 is 8.83 Å². The Kier molecular flexibility index (Phi) is 5.17. The number of nitrogens with zero attached hydrogens (tertiary/aromatic N) is 4. The molecule has 6 rings (SSSR count). The number of aromatic amines is 1. The van der Waals surface area contributed by atoms with Crippen molar-refractivity contribution in [3.8, 4) is 11.5 Å². The van der Waals surface area contributed by atoms with E-state index in [2.05, 4.69) is 14.9 Å². The van der Waals surface area contributed by atoms with Gasteiger partial charge in [0.1, 0.15) is 5.69 Å². The molecule has 9 nitrogen and oxygen atoms in total. The topological polar surface area (TPSA) is 110 Å². The first-order valence-corrected chi connectivity index (χ1v) is 12.3. The highest BCUT2D eigenvalue weighted by Crippen LogP contribution is 2.34. The van der Waals surface area contributed by atoms with Crippen LogP contribution in [0.5, 0.6) is 0 Å². The quantitative estimate of drug-likeness (QED) is 0.447. The molecule has 178 valence electrons. The van der Waals surface area contributed by atoms with Crippen molar-refractivity contribution in [3.05, 3.63) is 44.9 Å². The lowest BCUT2D eigenvalue weighted by Gasteiger charge is -2.41. The van der Waals surface area contributed by atoms with Crippen molar-refractivity contribution >= 4 is 22.1 Å². The van der Waals surface area contributed by atoms with Crippen molar-refractivity contribution in [2.75, 3.05) is 13.1 Å². The van der Waals surface area contributed by atoms with E-state index in [1.54, 1.807) is 6.07 Å². The summed E-state index contributed by atoms with van der Waals surface area (Å²) in [5.74, 6) is 1.26. The van der Waals surface area contributed by atoms with Gasteiger partial charge in [-0.25, -0.2) is 14.6 Å². The van der Waals surface area contributed by atoms with Crippen LogP contribution in [0.25, 0.3) is 33.6 Å². The molecule has 2 aliphatic rings. The second-order valence-corrected chi connectivity index (χ2v) is 9.98. The predicted octanol–water partition coefficient (Wildman–Crippen LogP) is 3.87. The molecule has 1 saturated heterocycles. The van der Waals surface area contributed by atoms with E-state index in [9.17, 15) is 9.59 Å². The summed E-state index contributed by atoms with van der Waals surface area (Å²) < 4.78 is 12.4. The van der Waals surface area contributed by atoms with Gasteiger partial charge in [0, 0.05) is 24.0 Å². The molecular weight excluding hydrogens is 434 g/mol. The maximum Gasteiger partial charge on any atom is 0.423 e. The van der Waals surface area contributed by atoms with Crippen LogP contribution in [-0.4, -0.2) is 43.8 Å². The molecule has 0 unspecified atom stereocenters. The normalized spacial score (nSPS) is 18.3. The van der Waals surface area contributed by atoms with Gasteiger partial charge in [-0.05, 0) is 77.1 Å². The van der Waals surface area contributed by atoms with Gasteiger partial charge in [-0.1, -0.05) is 6.42 Å². The fraction of sp³-hybridized carbons (Fsp3) is 0.520. The lowest BCUT2D eigenvalue weighted by atomic mass is 9.86. The van der Waals surface area contributed by atoms with Crippen LogP contribution in [0, 0.1) is 5.92 Å². The number of piperidine rings is 1. The van der Waals surface area contributed by atoms with Crippen molar-refractivity contribution in [2.24, 2.45) is 5.92 Å². The zero-order valence-electron chi connectivity index (χ0n) is 19.5. The first-order chi connectivity index (χ1) is 16.5. The van der Waals surface area contributed by atoms with Gasteiger partial charge in [0.25, 0.3) is 0 Å². The van der Waals surface area contributed by atoms with E-state index < -0.39 is 11.3 Å². The van der Waals surface area contributed by atoms with Crippen LogP contribution < -0.4 is 11.3 Å². The number of fused-ring (bicyclic) bond motifs is 3. The molecule has 4 aromatic rings. The molecule has 34 heavy (non-hydrogen) atoms. The summed E-state index contributed by atoms with van der Waals surface area (Å²) >= 11 is 0. The van der Waals surface area contributed by atoms with Gasteiger partial charge in [-0.3, -0.25) is 4.68 Å². The van der Waals surface area contributed by atoms with Crippen molar-refractivity contribution in [2.45, 2.75) is 64.5 Å². The Morgan fingerprint density at radius 3 is 2.56 bits per heavy atom. The number of hydrogen-bond acceptors (Lipinski definition) is 7. The summed E-state index contributed by atoms with van der Waals surface area (Å²) in [7, 11) is 0. The highest BCUT2D eigenvalue weighted by atomic mass is 16.5. The third-order valence-corrected chi connectivity index (χ3v) is 7.45. The molecule has 0 amide bonds. The summed E-state index contributed by atoms with van der Waals surface area (Å²) in [6, 6.07) is 4.36. The largest absolute Gasteiger partial charge is 0.423 e. The molecule has 1 aromatic carbocycles. The van der Waals surface area contributed by atoms with E-state index in [4.69, 9.17) is 13.9 Å². The van der Waals surface area contributed by atoms with Gasteiger partial charge in [0.2, 0.25) is 0 Å². The molecule has 0 atom stereocenters. The monoisotopic (exact) mass is 463 g/mol. The molecule has 1 aliphatic carbocycles. The van der Waals surface area contributed by atoms with Gasteiger partial charge >= 0.3 is 11.3 Å². The average molecular weight is 464 g/mol. The van der Waals surface area contributed by atoms with Gasteiger partial charge in [0.05, 0.1) is 10.9 Å². The van der Waals surface area contributed by atoms with Crippen LogP contribution >= 0.6 is 0 Å². The predicted molar refractivity (Wildman–Crippen MR) is 128 cm³/mol. The Morgan fingerprint density at radius 1 is 1.09 bits per heavy atom. The SMILES string of the molecule is CC(C)n1nc(-c2ncc(CC3CCN(C4CCC4)CC3)[nH]2)c2c3oc(=O)c(=O)oc3ccc21. The zero-order chi connectivity index (χ0) is 23.4. The molecule has 1 N–H and O–H groups in total. The molecule has 1 saturated carbocycles. The Morgan fingerprint density at radius 2 is 1.85 bits per heavy atom. The second kappa shape index (κ2) is 8.23. The van der Waals surface area contributed by atoms with Crippen LogP contribution in [0.2, 0.25) is 0 Å². The first kappa shape index (κ1) is 21.3. The van der Waals surface area contributed by atoms with Gasteiger partial charge in [-0.2, -0.15) is 5.10 Å². The molecule has 2 fully saturated rings. The van der Waals surface area contributed by atoms with Crippen molar-refractivity contribution in [1.29, 1.82) is 0 Å². The highest BCUT2D eigenvalue weighted by Gasteiger charge is 2.29. The molecule has 0 spiro atoms. The smallest absolute Gasteiger partial charge is 0.414 e. The summed E-state index contributed by atoms with van der Waals surface area (Å²) in [5.41, 5.74) is 0.826. The van der Waals surface area contributed by atoms with E-state index >= 15 is 0 Å². The molecular formula is C25H29N5O4.